The summed E-state index contributed by atoms with van der Waals surface area (Å²) >= 11 is 0. The highest BCUT2D eigenvalue weighted by atomic mass is 16.5. The summed E-state index contributed by atoms with van der Waals surface area (Å²) in [6.07, 6.45) is 2.81. The van der Waals surface area contributed by atoms with Crippen LogP contribution in [-0.4, -0.2) is 37.1 Å². The Balaban J connectivity index is 1.98. The summed E-state index contributed by atoms with van der Waals surface area (Å²) in [6.45, 7) is 1.87. The molecule has 5 heteroatoms. The molecule has 1 saturated heterocycles. The van der Waals surface area contributed by atoms with Crippen LogP contribution in [0.15, 0.2) is 18.3 Å². The molecule has 2 N–H and O–H groups in total. The van der Waals surface area contributed by atoms with Gasteiger partial charge in [-0.15, -0.1) is 0 Å². The van der Waals surface area contributed by atoms with E-state index in [0.717, 1.165) is 19.5 Å². The van der Waals surface area contributed by atoms with Gasteiger partial charge in [-0.1, -0.05) is 0 Å². The van der Waals surface area contributed by atoms with E-state index in [1.165, 1.54) is 0 Å². The number of nitrogens with one attached hydrogen (secondary N) is 2. The number of aromatic nitrogens is 1. The van der Waals surface area contributed by atoms with E-state index in [0.29, 0.717) is 11.4 Å². The number of carbonyl (C=O) groups excluding carboxylic acids is 1. The molecular weight excluding hydrogens is 206 g/mol. The Hall–Kier alpha value is -1.62. The summed E-state index contributed by atoms with van der Waals surface area (Å²) in [6, 6.07) is 3.44. The van der Waals surface area contributed by atoms with Crippen LogP contribution in [0.4, 0.5) is 0 Å². The number of carbonyl (C=O) groups is 1. The van der Waals surface area contributed by atoms with Gasteiger partial charge in [-0.25, -0.2) is 4.98 Å². The maximum atomic E-state index is 11.2. The molecular formula is C11H15N3O2. The van der Waals surface area contributed by atoms with Crippen molar-refractivity contribution in [3.63, 3.8) is 0 Å². The number of ether oxygens (including phenoxy) is 1. The van der Waals surface area contributed by atoms with Crippen molar-refractivity contribution in [2.24, 2.45) is 0 Å². The van der Waals surface area contributed by atoms with E-state index in [9.17, 15) is 4.79 Å². The van der Waals surface area contributed by atoms with Crippen LogP contribution in [0, 0.1) is 0 Å². The fourth-order valence-corrected chi connectivity index (χ4v) is 1.63. The Bertz CT molecular complexity index is 358. The van der Waals surface area contributed by atoms with E-state index in [-0.39, 0.29) is 12.0 Å². The fraction of sp³-hybridized carbons (Fsp3) is 0.455. The van der Waals surface area contributed by atoms with Crippen molar-refractivity contribution in [3.8, 4) is 5.75 Å². The quantitative estimate of drug-likeness (QED) is 0.764. The highest BCUT2D eigenvalue weighted by Gasteiger charge is 2.16. The maximum absolute atomic E-state index is 11.2. The maximum Gasteiger partial charge on any atom is 0.269 e. The predicted molar refractivity (Wildman–Crippen MR) is 59.5 cm³/mol. The Kier molecular flexibility index (Phi) is 3.36. The van der Waals surface area contributed by atoms with Crippen molar-refractivity contribution in [1.82, 2.24) is 15.6 Å². The number of amides is 1. The van der Waals surface area contributed by atoms with Crippen molar-refractivity contribution in [2.75, 3.05) is 20.1 Å². The second-order valence-electron chi connectivity index (χ2n) is 3.69. The molecule has 0 radical (unpaired) electrons. The van der Waals surface area contributed by atoms with Crippen molar-refractivity contribution in [2.45, 2.75) is 12.5 Å². The Morgan fingerprint density at radius 1 is 1.62 bits per heavy atom. The van der Waals surface area contributed by atoms with Crippen LogP contribution in [-0.2, 0) is 0 Å². The van der Waals surface area contributed by atoms with Crippen LogP contribution in [0.3, 0.4) is 0 Å². The zero-order valence-electron chi connectivity index (χ0n) is 9.19. The molecule has 0 aliphatic carbocycles. The zero-order valence-corrected chi connectivity index (χ0v) is 9.19. The number of nitrogens with zero attached hydrogens (tertiary/aromatic N) is 1. The molecule has 1 atom stereocenters. The Morgan fingerprint density at radius 2 is 2.50 bits per heavy atom. The van der Waals surface area contributed by atoms with Gasteiger partial charge in [-0.05, 0) is 25.1 Å². The van der Waals surface area contributed by atoms with Crippen LogP contribution < -0.4 is 15.4 Å². The van der Waals surface area contributed by atoms with Gasteiger partial charge in [0.1, 0.15) is 17.5 Å². The van der Waals surface area contributed by atoms with Gasteiger partial charge in [-0.2, -0.15) is 0 Å². The van der Waals surface area contributed by atoms with Gasteiger partial charge in [0, 0.05) is 13.6 Å². The van der Waals surface area contributed by atoms with Crippen molar-refractivity contribution >= 4 is 5.91 Å². The molecule has 16 heavy (non-hydrogen) atoms. The lowest BCUT2D eigenvalue weighted by atomic mass is 10.3. The normalized spacial score (nSPS) is 19.4. The Labute approximate surface area is 94.2 Å². The lowest BCUT2D eigenvalue weighted by Gasteiger charge is -2.11. The second kappa shape index (κ2) is 4.94. The fourth-order valence-electron chi connectivity index (χ4n) is 1.63. The lowest BCUT2D eigenvalue weighted by molar-refractivity contribution is 0.0958. The number of hydrogen-bond donors (Lipinski definition) is 2. The molecule has 5 nitrogen and oxygen atoms in total. The van der Waals surface area contributed by atoms with Crippen LogP contribution in [0.2, 0.25) is 0 Å². The van der Waals surface area contributed by atoms with Crippen molar-refractivity contribution < 1.29 is 9.53 Å². The standard InChI is InChI=1S/C11H15N3O2/c1-12-11(15)10-3-2-8(7-14-10)16-9-4-5-13-6-9/h2-3,7,9,13H,4-6H2,1H3,(H,12,15)/t9-/m0/s1. The molecule has 1 amide bonds. The first-order valence-electron chi connectivity index (χ1n) is 5.35. The second-order valence-corrected chi connectivity index (χ2v) is 3.69. The van der Waals surface area contributed by atoms with Crippen LogP contribution in [0.5, 0.6) is 5.75 Å². The van der Waals surface area contributed by atoms with E-state index in [1.54, 1.807) is 25.4 Å². The number of hydrogen-bond acceptors (Lipinski definition) is 4. The highest BCUT2D eigenvalue weighted by Crippen LogP contribution is 2.14. The summed E-state index contributed by atoms with van der Waals surface area (Å²) in [5.74, 6) is 0.524. The van der Waals surface area contributed by atoms with E-state index < -0.39 is 0 Å². The van der Waals surface area contributed by atoms with Crippen molar-refractivity contribution in [1.29, 1.82) is 0 Å². The molecule has 1 aromatic heterocycles. The Morgan fingerprint density at radius 3 is 3.06 bits per heavy atom. The van der Waals surface area contributed by atoms with Gasteiger partial charge < -0.3 is 15.4 Å². The van der Waals surface area contributed by atoms with Crippen LogP contribution in [0.1, 0.15) is 16.9 Å². The van der Waals surface area contributed by atoms with E-state index in [1.807, 2.05) is 0 Å². The van der Waals surface area contributed by atoms with Crippen LogP contribution >= 0.6 is 0 Å². The summed E-state index contributed by atoms with van der Waals surface area (Å²) < 4.78 is 5.69. The zero-order chi connectivity index (χ0) is 11.4. The van der Waals surface area contributed by atoms with Gasteiger partial charge in [0.05, 0.1) is 6.20 Å². The summed E-state index contributed by atoms with van der Waals surface area (Å²) in [4.78, 5) is 15.3. The topological polar surface area (TPSA) is 63.2 Å². The predicted octanol–water partition coefficient (Wildman–Crippen LogP) is 0.182. The SMILES string of the molecule is CNC(=O)c1ccc(O[C@H]2CCNC2)cn1. The molecule has 0 saturated carbocycles. The minimum atomic E-state index is -0.186. The molecule has 0 spiro atoms. The monoisotopic (exact) mass is 221 g/mol. The van der Waals surface area contributed by atoms with E-state index in [2.05, 4.69) is 15.6 Å². The van der Waals surface area contributed by atoms with E-state index >= 15 is 0 Å². The highest BCUT2D eigenvalue weighted by molar-refractivity contribution is 5.91. The first kappa shape index (κ1) is 10.9. The average molecular weight is 221 g/mol. The third-order valence-electron chi connectivity index (χ3n) is 2.51. The van der Waals surface area contributed by atoms with Crippen molar-refractivity contribution in [3.05, 3.63) is 24.0 Å². The van der Waals surface area contributed by atoms with E-state index in [4.69, 9.17) is 4.74 Å². The summed E-state index contributed by atoms with van der Waals surface area (Å²) in [5, 5.41) is 5.74. The molecule has 1 fully saturated rings. The van der Waals surface area contributed by atoms with Crippen LogP contribution in [0.25, 0.3) is 0 Å². The first-order valence-corrected chi connectivity index (χ1v) is 5.35. The smallest absolute Gasteiger partial charge is 0.269 e. The van der Waals surface area contributed by atoms with Gasteiger partial charge in [0.25, 0.3) is 5.91 Å². The first-order chi connectivity index (χ1) is 7.79. The summed E-state index contributed by atoms with van der Waals surface area (Å²) in [5.41, 5.74) is 0.402. The number of rotatable bonds is 3. The minimum Gasteiger partial charge on any atom is -0.487 e. The van der Waals surface area contributed by atoms with Gasteiger partial charge in [0.2, 0.25) is 0 Å². The molecule has 1 aromatic rings. The molecule has 0 unspecified atom stereocenters. The third-order valence-corrected chi connectivity index (χ3v) is 2.51. The molecule has 1 aliphatic rings. The molecule has 2 rings (SSSR count). The number of pyridine rings is 1. The molecule has 0 aromatic carbocycles. The minimum absolute atomic E-state index is 0.186. The molecule has 1 aliphatic heterocycles. The largest absolute Gasteiger partial charge is 0.487 e. The lowest BCUT2D eigenvalue weighted by Crippen LogP contribution is -2.21. The molecule has 86 valence electrons. The van der Waals surface area contributed by atoms with Gasteiger partial charge in [-0.3, -0.25) is 4.79 Å². The molecule has 2 heterocycles. The van der Waals surface area contributed by atoms with Gasteiger partial charge in [0.15, 0.2) is 0 Å². The third kappa shape index (κ3) is 2.49. The summed E-state index contributed by atoms with van der Waals surface area (Å²) in [7, 11) is 1.58. The van der Waals surface area contributed by atoms with Gasteiger partial charge >= 0.3 is 0 Å². The average Bonchev–Trinajstić information content (AvgIpc) is 2.82. The molecule has 0 bridgehead atoms.